The highest BCUT2D eigenvalue weighted by Gasteiger charge is 2.31. The smallest absolute Gasteiger partial charge is 0.322 e. The molecule has 2 atom stereocenters. The van der Waals surface area contributed by atoms with E-state index in [0.29, 0.717) is 6.54 Å². The van der Waals surface area contributed by atoms with Gasteiger partial charge in [0.2, 0.25) is 5.91 Å². The van der Waals surface area contributed by atoms with Crippen LogP contribution in [0, 0.1) is 5.92 Å². The number of primary amides is 1. The lowest BCUT2D eigenvalue weighted by Crippen LogP contribution is -2.50. The Balaban J connectivity index is 1.80. The highest BCUT2D eigenvalue weighted by molar-refractivity contribution is 5.95. The van der Waals surface area contributed by atoms with Crippen LogP contribution in [0.1, 0.15) is 19.8 Å². The number of nitrogens with two attached hydrogens (primary N) is 1. The molecule has 1 aliphatic heterocycles. The summed E-state index contributed by atoms with van der Waals surface area (Å²) >= 11 is 0. The molecule has 2 heterocycles. The molecule has 0 aliphatic carbocycles. The third kappa shape index (κ3) is 3.79. The Kier molecular flexibility index (Phi) is 4.97. The van der Waals surface area contributed by atoms with Crippen molar-refractivity contribution in [1.82, 2.24) is 9.88 Å². The first-order valence-electron chi connectivity index (χ1n) is 8.42. The van der Waals surface area contributed by atoms with Gasteiger partial charge in [-0.3, -0.25) is 9.78 Å². The van der Waals surface area contributed by atoms with E-state index >= 15 is 0 Å². The summed E-state index contributed by atoms with van der Waals surface area (Å²) in [5.74, 6) is -0.626. The average molecular weight is 338 g/mol. The molecule has 0 bridgehead atoms. The molecule has 6 heteroatoms. The summed E-state index contributed by atoms with van der Waals surface area (Å²) in [6, 6.07) is 11.3. The second-order valence-electron chi connectivity index (χ2n) is 6.39. The molecule has 2 aromatic rings. The predicted octanol–water partition coefficient (Wildman–Crippen LogP) is 2.87. The van der Waals surface area contributed by atoms with Crippen LogP contribution in [0.3, 0.4) is 0 Å². The Bertz CT molecular complexity index is 763. The number of pyridine rings is 1. The zero-order valence-electron chi connectivity index (χ0n) is 14.2. The summed E-state index contributed by atoms with van der Waals surface area (Å²) in [5, 5.41) is 2.98. The highest BCUT2D eigenvalue weighted by atomic mass is 16.2. The molecule has 1 aromatic heterocycles. The number of nitrogens with one attached hydrogen (secondary N) is 1. The summed E-state index contributed by atoms with van der Waals surface area (Å²) in [6.07, 6.45) is 4.94. The monoisotopic (exact) mass is 338 g/mol. The molecule has 1 aromatic carbocycles. The number of urea groups is 1. The molecule has 25 heavy (non-hydrogen) atoms. The first kappa shape index (κ1) is 17.0. The minimum absolute atomic E-state index is 0.0729. The van der Waals surface area contributed by atoms with Gasteiger partial charge in [-0.15, -0.1) is 0 Å². The van der Waals surface area contributed by atoms with Crippen molar-refractivity contribution in [2.24, 2.45) is 11.7 Å². The summed E-state index contributed by atoms with van der Waals surface area (Å²) in [5.41, 5.74) is 8.06. The minimum Gasteiger partial charge on any atom is -0.369 e. The number of aromatic nitrogens is 1. The van der Waals surface area contributed by atoms with Crippen LogP contribution in [0.5, 0.6) is 0 Å². The topological polar surface area (TPSA) is 88.3 Å². The fraction of sp³-hybridized carbons (Fsp3) is 0.316. The van der Waals surface area contributed by atoms with Crippen LogP contribution < -0.4 is 11.1 Å². The molecule has 3 amide bonds. The zero-order chi connectivity index (χ0) is 17.8. The van der Waals surface area contributed by atoms with Crippen molar-refractivity contribution in [3.63, 3.8) is 0 Å². The number of hydrogen-bond acceptors (Lipinski definition) is 3. The van der Waals surface area contributed by atoms with E-state index in [9.17, 15) is 9.59 Å². The van der Waals surface area contributed by atoms with Crippen molar-refractivity contribution in [2.45, 2.75) is 25.8 Å². The van der Waals surface area contributed by atoms with Gasteiger partial charge in [0.25, 0.3) is 0 Å². The van der Waals surface area contributed by atoms with Crippen LogP contribution in [-0.4, -0.2) is 34.4 Å². The summed E-state index contributed by atoms with van der Waals surface area (Å²) < 4.78 is 0. The Morgan fingerprint density at radius 2 is 1.88 bits per heavy atom. The number of carbonyl (C=O) groups is 2. The number of para-hydroxylation sites is 1. The van der Waals surface area contributed by atoms with Crippen molar-refractivity contribution < 1.29 is 9.59 Å². The van der Waals surface area contributed by atoms with Crippen LogP contribution >= 0.6 is 0 Å². The Morgan fingerprint density at radius 1 is 1.16 bits per heavy atom. The van der Waals surface area contributed by atoms with Crippen molar-refractivity contribution in [1.29, 1.82) is 0 Å². The van der Waals surface area contributed by atoms with E-state index < -0.39 is 0 Å². The number of anilines is 1. The zero-order valence-corrected chi connectivity index (χ0v) is 14.2. The average Bonchev–Trinajstić information content (AvgIpc) is 2.63. The van der Waals surface area contributed by atoms with E-state index in [1.807, 2.05) is 43.3 Å². The van der Waals surface area contributed by atoms with Crippen molar-refractivity contribution in [2.75, 3.05) is 11.9 Å². The summed E-state index contributed by atoms with van der Waals surface area (Å²) in [4.78, 5) is 30.0. The molecule has 130 valence electrons. The summed E-state index contributed by atoms with van der Waals surface area (Å²) in [6.45, 7) is 2.35. The van der Waals surface area contributed by atoms with Gasteiger partial charge in [0.15, 0.2) is 0 Å². The second-order valence-corrected chi connectivity index (χ2v) is 6.39. The maximum Gasteiger partial charge on any atom is 0.322 e. The fourth-order valence-electron chi connectivity index (χ4n) is 3.18. The first-order chi connectivity index (χ1) is 12.1. The lowest BCUT2D eigenvalue weighted by Gasteiger charge is -2.36. The van der Waals surface area contributed by atoms with Gasteiger partial charge in [-0.1, -0.05) is 18.2 Å². The quantitative estimate of drug-likeness (QED) is 0.902. The van der Waals surface area contributed by atoms with E-state index in [1.54, 1.807) is 17.3 Å². The van der Waals surface area contributed by atoms with Crippen LogP contribution in [0.4, 0.5) is 10.5 Å². The van der Waals surface area contributed by atoms with Gasteiger partial charge in [0.1, 0.15) is 0 Å². The Morgan fingerprint density at radius 3 is 2.60 bits per heavy atom. The van der Waals surface area contributed by atoms with Gasteiger partial charge in [0.05, 0.1) is 11.6 Å². The Labute approximate surface area is 147 Å². The standard InChI is InChI=1S/C19H22N4O2/c1-13-6-7-15(18(20)24)12-23(13)19(25)22-17-5-3-2-4-16(17)14-8-10-21-11-9-14/h2-5,8-11,13,15H,6-7,12H2,1H3,(H2,20,24)(H,22,25)/t13-,15+/m0/s1. The summed E-state index contributed by atoms with van der Waals surface area (Å²) in [7, 11) is 0. The third-order valence-corrected chi connectivity index (χ3v) is 4.71. The number of likely N-dealkylation sites (tertiary alicyclic amines) is 1. The van der Waals surface area contributed by atoms with E-state index in [4.69, 9.17) is 5.73 Å². The molecule has 1 aliphatic rings. The normalized spacial score (nSPS) is 20.1. The molecule has 0 unspecified atom stereocenters. The number of hydrogen-bond donors (Lipinski definition) is 2. The number of rotatable bonds is 3. The van der Waals surface area contributed by atoms with Gasteiger partial charge in [0, 0.05) is 30.5 Å². The van der Waals surface area contributed by atoms with E-state index in [-0.39, 0.29) is 23.9 Å². The molecular formula is C19H22N4O2. The first-order valence-corrected chi connectivity index (χ1v) is 8.42. The largest absolute Gasteiger partial charge is 0.369 e. The van der Waals surface area contributed by atoms with Gasteiger partial charge >= 0.3 is 6.03 Å². The molecule has 3 N–H and O–H groups in total. The highest BCUT2D eigenvalue weighted by Crippen LogP contribution is 2.28. The van der Waals surface area contributed by atoms with Gasteiger partial charge in [-0.2, -0.15) is 0 Å². The van der Waals surface area contributed by atoms with Crippen LogP contribution in [0.25, 0.3) is 11.1 Å². The number of carbonyl (C=O) groups excluding carboxylic acids is 2. The Hall–Kier alpha value is -2.89. The SMILES string of the molecule is C[C@H]1CC[C@@H](C(N)=O)CN1C(=O)Nc1ccccc1-c1ccncc1. The lowest BCUT2D eigenvalue weighted by molar-refractivity contribution is -0.123. The maximum atomic E-state index is 12.8. The molecule has 3 rings (SSSR count). The number of nitrogens with zero attached hydrogens (tertiary/aromatic N) is 2. The number of piperidine rings is 1. The second kappa shape index (κ2) is 7.34. The molecule has 1 saturated heterocycles. The molecule has 0 saturated carbocycles. The maximum absolute atomic E-state index is 12.8. The van der Waals surface area contributed by atoms with Crippen LogP contribution in [0.2, 0.25) is 0 Å². The number of benzene rings is 1. The van der Waals surface area contributed by atoms with E-state index in [2.05, 4.69) is 10.3 Å². The van der Waals surface area contributed by atoms with Crippen LogP contribution in [0.15, 0.2) is 48.8 Å². The van der Waals surface area contributed by atoms with Crippen molar-refractivity contribution in [3.8, 4) is 11.1 Å². The van der Waals surface area contributed by atoms with Crippen LogP contribution in [-0.2, 0) is 4.79 Å². The van der Waals surface area contributed by atoms with Gasteiger partial charge < -0.3 is 16.0 Å². The minimum atomic E-state index is -0.345. The molecule has 0 radical (unpaired) electrons. The van der Waals surface area contributed by atoms with E-state index in [1.165, 1.54) is 0 Å². The molecule has 1 fully saturated rings. The molecular weight excluding hydrogens is 316 g/mol. The van der Waals surface area contributed by atoms with Crippen molar-refractivity contribution in [3.05, 3.63) is 48.8 Å². The molecule has 6 nitrogen and oxygen atoms in total. The van der Waals surface area contributed by atoms with E-state index in [0.717, 1.165) is 29.7 Å². The fourth-order valence-corrected chi connectivity index (χ4v) is 3.18. The number of amides is 3. The van der Waals surface area contributed by atoms with Gasteiger partial charge in [-0.05, 0) is 43.5 Å². The molecule has 0 spiro atoms. The van der Waals surface area contributed by atoms with Gasteiger partial charge in [-0.25, -0.2) is 4.79 Å². The van der Waals surface area contributed by atoms with Crippen molar-refractivity contribution >= 4 is 17.6 Å². The predicted molar refractivity (Wildman–Crippen MR) is 96.8 cm³/mol. The third-order valence-electron chi connectivity index (χ3n) is 4.71. The lowest BCUT2D eigenvalue weighted by atomic mass is 9.93.